The third-order valence-corrected chi connectivity index (χ3v) is 4.38. The number of carboxylic acid groups (broad SMARTS) is 1. The van der Waals surface area contributed by atoms with E-state index in [1.54, 1.807) is 11.8 Å². The third kappa shape index (κ3) is 3.06. The number of hydrogen-bond acceptors (Lipinski definition) is 3. The van der Waals surface area contributed by atoms with Gasteiger partial charge in [-0.1, -0.05) is 6.92 Å². The highest BCUT2D eigenvalue weighted by molar-refractivity contribution is 5.83. The number of aliphatic carboxylic acids is 1. The molecule has 20 heavy (non-hydrogen) atoms. The van der Waals surface area contributed by atoms with E-state index in [-0.39, 0.29) is 18.5 Å². The summed E-state index contributed by atoms with van der Waals surface area (Å²) < 4.78 is 0. The van der Waals surface area contributed by atoms with E-state index in [1.165, 1.54) is 4.90 Å². The van der Waals surface area contributed by atoms with E-state index in [9.17, 15) is 19.8 Å². The first kappa shape index (κ1) is 15.1. The van der Waals surface area contributed by atoms with Crippen molar-refractivity contribution in [3.63, 3.8) is 0 Å². The van der Waals surface area contributed by atoms with Gasteiger partial charge in [0, 0.05) is 13.1 Å². The molecule has 3 unspecified atom stereocenters. The number of carboxylic acids is 1. The van der Waals surface area contributed by atoms with E-state index in [0.717, 1.165) is 19.3 Å². The minimum absolute atomic E-state index is 0.0319. The first-order valence-corrected chi connectivity index (χ1v) is 7.32. The number of likely N-dealkylation sites (tertiary alicyclic amines) is 2. The summed E-state index contributed by atoms with van der Waals surface area (Å²) in [5.41, 5.74) is -0.867. The number of hydrogen-bond donors (Lipinski definition) is 2. The summed E-state index contributed by atoms with van der Waals surface area (Å²) >= 11 is 0. The van der Waals surface area contributed by atoms with Crippen molar-refractivity contribution in [2.24, 2.45) is 5.92 Å². The highest BCUT2D eigenvalue weighted by atomic mass is 16.4. The molecule has 2 amide bonds. The van der Waals surface area contributed by atoms with Crippen LogP contribution in [0, 0.1) is 5.92 Å². The second-order valence-corrected chi connectivity index (χ2v) is 6.40. The van der Waals surface area contributed by atoms with Crippen LogP contribution in [0.3, 0.4) is 0 Å². The van der Waals surface area contributed by atoms with Crippen LogP contribution in [0.1, 0.15) is 39.5 Å². The standard InChI is InChI=1S/C14H24N2O4/c1-10-5-3-8-16(11(10)12(17)18)13(19)15-7-4-6-14(2,20)9-15/h10-11,20H,3-9H2,1-2H3,(H,17,18). The molecule has 114 valence electrons. The molecule has 0 spiro atoms. The number of nitrogens with zero attached hydrogens (tertiary/aromatic N) is 2. The van der Waals surface area contributed by atoms with Crippen molar-refractivity contribution < 1.29 is 19.8 Å². The lowest BCUT2D eigenvalue weighted by Gasteiger charge is -2.43. The summed E-state index contributed by atoms with van der Waals surface area (Å²) in [7, 11) is 0. The molecule has 2 rings (SSSR count). The molecule has 0 radical (unpaired) electrons. The van der Waals surface area contributed by atoms with E-state index in [4.69, 9.17) is 0 Å². The molecule has 0 aromatic heterocycles. The Hall–Kier alpha value is -1.30. The molecule has 3 atom stereocenters. The van der Waals surface area contributed by atoms with Crippen molar-refractivity contribution in [3.8, 4) is 0 Å². The Morgan fingerprint density at radius 2 is 1.95 bits per heavy atom. The summed E-state index contributed by atoms with van der Waals surface area (Å²) in [4.78, 5) is 27.1. The number of amides is 2. The fourth-order valence-corrected chi connectivity index (χ4v) is 3.34. The number of urea groups is 1. The van der Waals surface area contributed by atoms with Gasteiger partial charge in [-0.3, -0.25) is 0 Å². The molecule has 6 heteroatoms. The minimum atomic E-state index is -0.936. The number of rotatable bonds is 1. The molecule has 6 nitrogen and oxygen atoms in total. The van der Waals surface area contributed by atoms with E-state index >= 15 is 0 Å². The number of carbonyl (C=O) groups is 2. The summed E-state index contributed by atoms with van der Waals surface area (Å²) in [6.07, 6.45) is 3.09. The molecule has 0 aromatic carbocycles. The molecular formula is C14H24N2O4. The maximum Gasteiger partial charge on any atom is 0.326 e. The van der Waals surface area contributed by atoms with E-state index in [0.29, 0.717) is 19.5 Å². The van der Waals surface area contributed by atoms with Crippen molar-refractivity contribution in [2.75, 3.05) is 19.6 Å². The van der Waals surface area contributed by atoms with Crippen LogP contribution in [0.2, 0.25) is 0 Å². The number of aliphatic hydroxyl groups is 1. The summed E-state index contributed by atoms with van der Waals surface area (Å²) in [5, 5.41) is 19.5. The van der Waals surface area contributed by atoms with Crippen LogP contribution in [0.5, 0.6) is 0 Å². The Morgan fingerprint density at radius 3 is 2.55 bits per heavy atom. The van der Waals surface area contributed by atoms with Gasteiger partial charge < -0.3 is 20.0 Å². The first-order chi connectivity index (χ1) is 9.32. The maximum absolute atomic E-state index is 12.6. The van der Waals surface area contributed by atoms with Crippen LogP contribution >= 0.6 is 0 Å². The molecule has 2 saturated heterocycles. The molecule has 0 aliphatic carbocycles. The minimum Gasteiger partial charge on any atom is -0.480 e. The third-order valence-electron chi connectivity index (χ3n) is 4.38. The quantitative estimate of drug-likeness (QED) is 0.756. The van der Waals surface area contributed by atoms with Gasteiger partial charge in [0.05, 0.1) is 12.1 Å². The normalized spacial score (nSPS) is 35.0. The predicted octanol–water partition coefficient (Wildman–Crippen LogP) is 1.14. The number of β-amino-alcohol motifs (C(OH)–C–C–N with tert-alkyl or cyclic N) is 1. The Bertz CT molecular complexity index is 397. The number of piperidine rings is 2. The molecule has 2 aliphatic rings. The number of carbonyl (C=O) groups excluding carboxylic acids is 1. The Balaban J connectivity index is 2.12. The fourth-order valence-electron chi connectivity index (χ4n) is 3.34. The van der Waals surface area contributed by atoms with Gasteiger partial charge in [0.1, 0.15) is 6.04 Å². The lowest BCUT2D eigenvalue weighted by molar-refractivity contribution is -0.145. The molecule has 2 N–H and O–H groups in total. The molecule has 0 aromatic rings. The second kappa shape index (κ2) is 5.60. The van der Waals surface area contributed by atoms with Gasteiger partial charge in [0.15, 0.2) is 0 Å². The van der Waals surface area contributed by atoms with Gasteiger partial charge in [0.25, 0.3) is 0 Å². The average Bonchev–Trinajstić information content (AvgIpc) is 2.35. The van der Waals surface area contributed by atoms with Gasteiger partial charge in [-0.2, -0.15) is 0 Å². The van der Waals surface area contributed by atoms with Gasteiger partial charge in [-0.15, -0.1) is 0 Å². The molecule has 2 heterocycles. The maximum atomic E-state index is 12.6. The van der Waals surface area contributed by atoms with Crippen molar-refractivity contribution in [3.05, 3.63) is 0 Å². The zero-order chi connectivity index (χ0) is 14.9. The van der Waals surface area contributed by atoms with Crippen molar-refractivity contribution >= 4 is 12.0 Å². The zero-order valence-electron chi connectivity index (χ0n) is 12.2. The van der Waals surface area contributed by atoms with E-state index < -0.39 is 17.6 Å². The van der Waals surface area contributed by atoms with Crippen LogP contribution in [0.25, 0.3) is 0 Å². The van der Waals surface area contributed by atoms with Gasteiger partial charge in [0.2, 0.25) is 0 Å². The first-order valence-electron chi connectivity index (χ1n) is 7.32. The van der Waals surface area contributed by atoms with E-state index in [1.807, 2.05) is 6.92 Å². The van der Waals surface area contributed by atoms with Crippen LogP contribution in [0.4, 0.5) is 4.79 Å². The Kier molecular flexibility index (Phi) is 4.22. The van der Waals surface area contributed by atoms with E-state index in [2.05, 4.69) is 0 Å². The van der Waals surface area contributed by atoms with Crippen LogP contribution in [-0.2, 0) is 4.79 Å². The monoisotopic (exact) mass is 284 g/mol. The molecule has 0 bridgehead atoms. The topological polar surface area (TPSA) is 81.1 Å². The Morgan fingerprint density at radius 1 is 1.25 bits per heavy atom. The van der Waals surface area contributed by atoms with Crippen LogP contribution in [-0.4, -0.2) is 63.3 Å². The van der Waals surface area contributed by atoms with Crippen LogP contribution in [0.15, 0.2) is 0 Å². The van der Waals surface area contributed by atoms with Gasteiger partial charge in [-0.05, 0) is 38.5 Å². The predicted molar refractivity (Wildman–Crippen MR) is 73.4 cm³/mol. The summed E-state index contributed by atoms with van der Waals surface area (Å²) in [6.45, 7) is 4.96. The average molecular weight is 284 g/mol. The molecule has 0 saturated carbocycles. The Labute approximate surface area is 119 Å². The largest absolute Gasteiger partial charge is 0.480 e. The van der Waals surface area contributed by atoms with Crippen molar-refractivity contribution in [1.82, 2.24) is 9.80 Å². The second-order valence-electron chi connectivity index (χ2n) is 6.40. The molecule has 2 fully saturated rings. The summed E-state index contributed by atoms with van der Waals surface area (Å²) in [6, 6.07) is -0.993. The van der Waals surface area contributed by atoms with Gasteiger partial charge in [-0.25, -0.2) is 9.59 Å². The lowest BCUT2D eigenvalue weighted by Crippen LogP contribution is -2.59. The summed E-state index contributed by atoms with van der Waals surface area (Å²) in [5.74, 6) is -0.968. The van der Waals surface area contributed by atoms with Crippen molar-refractivity contribution in [1.29, 1.82) is 0 Å². The highest BCUT2D eigenvalue weighted by Gasteiger charge is 2.40. The zero-order valence-corrected chi connectivity index (χ0v) is 12.2. The van der Waals surface area contributed by atoms with Crippen LogP contribution < -0.4 is 0 Å². The molecular weight excluding hydrogens is 260 g/mol. The SMILES string of the molecule is CC1CCCN(C(=O)N2CCCC(C)(O)C2)C1C(=O)O. The molecule has 2 aliphatic heterocycles. The lowest BCUT2D eigenvalue weighted by atomic mass is 9.90. The van der Waals surface area contributed by atoms with Gasteiger partial charge >= 0.3 is 12.0 Å². The highest BCUT2D eigenvalue weighted by Crippen LogP contribution is 2.27. The fraction of sp³-hybridized carbons (Fsp3) is 0.857. The smallest absolute Gasteiger partial charge is 0.326 e. The van der Waals surface area contributed by atoms with Crippen molar-refractivity contribution in [2.45, 2.75) is 51.2 Å².